The molecule has 38 heavy (non-hydrogen) atoms. The Bertz CT molecular complexity index is 1360. The van der Waals surface area contributed by atoms with Gasteiger partial charge in [0.1, 0.15) is 17.7 Å². The van der Waals surface area contributed by atoms with Crippen LogP contribution in [0.5, 0.6) is 0 Å². The molecule has 2 aromatic heterocycles. The van der Waals surface area contributed by atoms with Crippen LogP contribution in [-0.4, -0.2) is 62.5 Å². The highest BCUT2D eigenvalue weighted by atomic mass is 19.1. The lowest BCUT2D eigenvalue weighted by Gasteiger charge is -2.46. The van der Waals surface area contributed by atoms with E-state index in [1.54, 1.807) is 42.8 Å². The number of anilines is 1. The van der Waals surface area contributed by atoms with E-state index in [1.807, 2.05) is 13.0 Å². The number of ether oxygens (including phenoxy) is 1. The predicted octanol–water partition coefficient (Wildman–Crippen LogP) is 4.42. The van der Waals surface area contributed by atoms with Gasteiger partial charge in [-0.3, -0.25) is 9.69 Å². The predicted molar refractivity (Wildman–Crippen MR) is 137 cm³/mol. The molecule has 200 valence electrons. The molecular formula is C28H32F2N6O2. The first-order chi connectivity index (χ1) is 18.1. The summed E-state index contributed by atoms with van der Waals surface area (Å²) < 4.78 is 36.9. The molecule has 2 atom stereocenters. The second kappa shape index (κ2) is 9.20. The summed E-state index contributed by atoms with van der Waals surface area (Å²) in [5.41, 5.74) is 1.40. The number of halogens is 2. The van der Waals surface area contributed by atoms with Crippen molar-refractivity contribution in [1.82, 2.24) is 24.6 Å². The number of benzene rings is 1. The van der Waals surface area contributed by atoms with Crippen LogP contribution < -0.4 is 5.32 Å². The van der Waals surface area contributed by atoms with Gasteiger partial charge in [0.2, 0.25) is 0 Å². The first-order valence-corrected chi connectivity index (χ1v) is 13.1. The first-order valence-electron chi connectivity index (χ1n) is 13.1. The van der Waals surface area contributed by atoms with Crippen molar-refractivity contribution in [2.45, 2.75) is 55.9 Å². The summed E-state index contributed by atoms with van der Waals surface area (Å²) in [6.07, 6.45) is 2.17. The van der Waals surface area contributed by atoms with Gasteiger partial charge in [-0.2, -0.15) is 0 Å². The van der Waals surface area contributed by atoms with Gasteiger partial charge in [0.25, 0.3) is 5.91 Å². The molecule has 8 nitrogen and oxygen atoms in total. The summed E-state index contributed by atoms with van der Waals surface area (Å²) in [7, 11) is 1.71. The van der Waals surface area contributed by atoms with Gasteiger partial charge >= 0.3 is 0 Å². The number of hydrogen-bond donors (Lipinski definition) is 1. The molecule has 2 saturated heterocycles. The van der Waals surface area contributed by atoms with Crippen molar-refractivity contribution in [1.29, 1.82) is 0 Å². The zero-order chi connectivity index (χ0) is 26.7. The first kappa shape index (κ1) is 25.1. The normalized spacial score (nSPS) is 21.7. The number of aryl methyl sites for hydroxylation is 1. The largest absolute Gasteiger partial charge is 0.379 e. The number of carbonyl (C=O) groups excluding carboxylic acids is 1. The molecule has 1 amide bonds. The lowest BCUT2D eigenvalue weighted by Crippen LogP contribution is -2.57. The second-order valence-corrected chi connectivity index (χ2v) is 11.3. The summed E-state index contributed by atoms with van der Waals surface area (Å²) in [4.78, 5) is 20.1. The number of hydrogen-bond acceptors (Lipinski definition) is 6. The van der Waals surface area contributed by atoms with Crippen molar-refractivity contribution in [2.75, 3.05) is 31.6 Å². The zero-order valence-corrected chi connectivity index (χ0v) is 21.8. The molecule has 0 spiro atoms. The summed E-state index contributed by atoms with van der Waals surface area (Å²) >= 11 is 0. The molecule has 0 unspecified atom stereocenters. The zero-order valence-electron chi connectivity index (χ0n) is 21.8. The minimum absolute atomic E-state index is 0.0187. The van der Waals surface area contributed by atoms with E-state index in [1.165, 1.54) is 6.33 Å². The van der Waals surface area contributed by atoms with Gasteiger partial charge in [0.05, 0.1) is 18.6 Å². The van der Waals surface area contributed by atoms with Gasteiger partial charge in [-0.1, -0.05) is 12.1 Å². The smallest absolute Gasteiger partial charge is 0.274 e. The maximum atomic E-state index is 15.7. The molecule has 2 aliphatic heterocycles. The molecule has 3 fully saturated rings. The summed E-state index contributed by atoms with van der Waals surface area (Å²) in [5, 5.41) is 10.7. The number of likely N-dealkylation sites (tertiary alicyclic amines) is 1. The van der Waals surface area contributed by atoms with Crippen LogP contribution in [0.15, 0.2) is 42.7 Å². The number of pyridine rings is 1. The Kier molecular flexibility index (Phi) is 6.07. The van der Waals surface area contributed by atoms with Crippen molar-refractivity contribution in [3.8, 4) is 0 Å². The monoisotopic (exact) mass is 522 g/mol. The minimum atomic E-state index is -1.41. The van der Waals surface area contributed by atoms with Gasteiger partial charge in [-0.05, 0) is 62.1 Å². The van der Waals surface area contributed by atoms with Crippen LogP contribution in [0, 0.1) is 0 Å². The molecule has 0 bridgehead atoms. The van der Waals surface area contributed by atoms with Crippen LogP contribution in [0.4, 0.5) is 14.5 Å². The van der Waals surface area contributed by atoms with E-state index in [0.29, 0.717) is 30.4 Å². The molecule has 3 aliphatic rings. The third-order valence-corrected chi connectivity index (χ3v) is 8.06. The number of alkyl halides is 2. The minimum Gasteiger partial charge on any atom is -0.379 e. The van der Waals surface area contributed by atoms with Crippen molar-refractivity contribution >= 4 is 11.6 Å². The Morgan fingerprint density at radius 2 is 1.97 bits per heavy atom. The standard InChI is InChI=1S/C28H32F2N6O2/c1-17(36-12-27(2,30)13-36)19-9-22(18-7-8-18)33-23(10-19)26(37)32-21-6-4-5-20(11-21)28(14-38-15-28)24(29)25-34-31-16-35(25)3/h4-6,9-11,16-18,24H,7-8,12-15H2,1-3H3,(H,32,37)/t17-,24-/m0/s1. The van der Waals surface area contributed by atoms with Gasteiger partial charge < -0.3 is 14.6 Å². The summed E-state index contributed by atoms with van der Waals surface area (Å²) in [5.74, 6) is 0.266. The average molecular weight is 523 g/mol. The number of amides is 1. The van der Waals surface area contributed by atoms with E-state index in [4.69, 9.17) is 4.74 Å². The molecule has 1 aromatic carbocycles. The van der Waals surface area contributed by atoms with Crippen molar-refractivity contribution < 1.29 is 18.3 Å². The van der Waals surface area contributed by atoms with Gasteiger partial charge in [0.15, 0.2) is 12.0 Å². The van der Waals surface area contributed by atoms with Crippen molar-refractivity contribution in [2.24, 2.45) is 7.05 Å². The van der Waals surface area contributed by atoms with E-state index >= 15 is 4.39 Å². The lowest BCUT2D eigenvalue weighted by molar-refractivity contribution is -0.102. The second-order valence-electron chi connectivity index (χ2n) is 11.3. The van der Waals surface area contributed by atoms with Gasteiger partial charge in [-0.15, -0.1) is 10.2 Å². The molecule has 1 N–H and O–H groups in total. The Morgan fingerprint density at radius 1 is 1.21 bits per heavy atom. The number of carbonyl (C=O) groups is 1. The molecule has 1 saturated carbocycles. The van der Waals surface area contributed by atoms with Crippen LogP contribution in [0.2, 0.25) is 0 Å². The number of rotatable bonds is 8. The summed E-state index contributed by atoms with van der Waals surface area (Å²) in [6, 6.07) is 11.1. The van der Waals surface area contributed by atoms with E-state index < -0.39 is 17.3 Å². The van der Waals surface area contributed by atoms with Crippen LogP contribution in [0.25, 0.3) is 0 Å². The quantitative estimate of drug-likeness (QED) is 0.471. The van der Waals surface area contributed by atoms with Gasteiger partial charge in [-0.25, -0.2) is 13.8 Å². The van der Waals surface area contributed by atoms with Crippen LogP contribution >= 0.6 is 0 Å². The number of aromatic nitrogens is 4. The highest BCUT2D eigenvalue weighted by molar-refractivity contribution is 6.03. The molecular weight excluding hydrogens is 490 g/mol. The highest BCUT2D eigenvalue weighted by Crippen LogP contribution is 2.46. The van der Waals surface area contributed by atoms with E-state index in [9.17, 15) is 9.18 Å². The van der Waals surface area contributed by atoms with Crippen molar-refractivity contribution in [3.63, 3.8) is 0 Å². The highest BCUT2D eigenvalue weighted by Gasteiger charge is 2.50. The third-order valence-electron chi connectivity index (χ3n) is 8.06. The Labute approximate surface area is 220 Å². The molecule has 3 aromatic rings. The maximum Gasteiger partial charge on any atom is 0.274 e. The van der Waals surface area contributed by atoms with Crippen molar-refractivity contribution in [3.05, 3.63) is 71.1 Å². The molecule has 10 heteroatoms. The molecule has 4 heterocycles. The van der Waals surface area contributed by atoms with E-state index in [0.717, 1.165) is 29.7 Å². The van der Waals surface area contributed by atoms with Crippen LogP contribution in [0.3, 0.4) is 0 Å². The SMILES string of the molecule is C[C@@H](c1cc(C(=O)Nc2cccc(C3([C@@H](F)c4nncn4C)COC3)c2)nc(C2CC2)c1)N1CC(C)(F)C1. The molecule has 1 aliphatic carbocycles. The maximum absolute atomic E-state index is 15.7. The summed E-state index contributed by atoms with van der Waals surface area (Å²) in [6.45, 7) is 4.82. The Balaban J connectivity index is 1.24. The fraction of sp³-hybridized carbons (Fsp3) is 0.500. The molecule has 6 rings (SSSR count). The topological polar surface area (TPSA) is 85.2 Å². The Hall–Kier alpha value is -3.24. The fourth-order valence-corrected chi connectivity index (χ4v) is 5.46. The van der Waals surface area contributed by atoms with Crippen LogP contribution in [0.1, 0.15) is 78.0 Å². The number of nitrogens with zero attached hydrogens (tertiary/aromatic N) is 5. The van der Waals surface area contributed by atoms with Crippen LogP contribution in [-0.2, 0) is 17.2 Å². The lowest BCUT2D eigenvalue weighted by atomic mass is 9.74. The molecule has 0 radical (unpaired) electrons. The number of nitrogens with one attached hydrogen (secondary N) is 1. The Morgan fingerprint density at radius 3 is 2.58 bits per heavy atom. The average Bonchev–Trinajstić information content (AvgIpc) is 3.61. The van der Waals surface area contributed by atoms with Gasteiger partial charge in [0, 0.05) is 43.5 Å². The van der Waals surface area contributed by atoms with E-state index in [-0.39, 0.29) is 31.0 Å². The van der Waals surface area contributed by atoms with E-state index in [2.05, 4.69) is 31.5 Å². The third kappa shape index (κ3) is 4.49. The fourth-order valence-electron chi connectivity index (χ4n) is 5.46.